The summed E-state index contributed by atoms with van der Waals surface area (Å²) >= 11 is 0. The SMILES string of the molecule is C[C@H]1CCCN(C(=O)c2ccc(-n3cncn3)cc2)[C@H]1CN. The molecule has 116 valence electrons. The molecule has 0 radical (unpaired) electrons. The van der Waals surface area contributed by atoms with Gasteiger partial charge in [0.1, 0.15) is 12.7 Å². The number of piperidine rings is 1. The Morgan fingerprint density at radius 2 is 2.14 bits per heavy atom. The first kappa shape index (κ1) is 14.7. The smallest absolute Gasteiger partial charge is 0.254 e. The van der Waals surface area contributed by atoms with Gasteiger partial charge in [-0.15, -0.1) is 0 Å². The Labute approximate surface area is 129 Å². The number of carbonyl (C=O) groups excluding carboxylic acids is 1. The van der Waals surface area contributed by atoms with Crippen molar-refractivity contribution >= 4 is 5.91 Å². The summed E-state index contributed by atoms with van der Waals surface area (Å²) in [5.41, 5.74) is 7.45. The van der Waals surface area contributed by atoms with E-state index in [-0.39, 0.29) is 11.9 Å². The first-order chi connectivity index (χ1) is 10.7. The van der Waals surface area contributed by atoms with Gasteiger partial charge < -0.3 is 10.6 Å². The molecule has 0 spiro atoms. The van der Waals surface area contributed by atoms with E-state index in [1.807, 2.05) is 29.2 Å². The summed E-state index contributed by atoms with van der Waals surface area (Å²) in [5, 5.41) is 4.08. The third kappa shape index (κ3) is 2.74. The highest BCUT2D eigenvalue weighted by Gasteiger charge is 2.31. The van der Waals surface area contributed by atoms with Gasteiger partial charge in [0.2, 0.25) is 0 Å². The molecular formula is C16H21N5O. The highest BCUT2D eigenvalue weighted by Crippen LogP contribution is 2.24. The fourth-order valence-electron chi connectivity index (χ4n) is 3.12. The number of nitrogens with two attached hydrogens (primary N) is 1. The second-order valence-electron chi connectivity index (χ2n) is 5.81. The number of likely N-dealkylation sites (tertiary alicyclic amines) is 1. The normalized spacial score (nSPS) is 21.8. The van der Waals surface area contributed by atoms with Crippen molar-refractivity contribution in [3.63, 3.8) is 0 Å². The van der Waals surface area contributed by atoms with Gasteiger partial charge in [-0.2, -0.15) is 5.10 Å². The fraction of sp³-hybridized carbons (Fsp3) is 0.438. The molecule has 2 heterocycles. The summed E-state index contributed by atoms with van der Waals surface area (Å²) < 4.78 is 1.67. The van der Waals surface area contributed by atoms with E-state index in [0.29, 0.717) is 18.0 Å². The molecule has 1 amide bonds. The number of hydrogen-bond acceptors (Lipinski definition) is 4. The molecule has 1 saturated heterocycles. The molecule has 0 saturated carbocycles. The van der Waals surface area contributed by atoms with E-state index in [1.54, 1.807) is 11.0 Å². The molecule has 3 rings (SSSR count). The van der Waals surface area contributed by atoms with E-state index in [1.165, 1.54) is 6.33 Å². The zero-order valence-corrected chi connectivity index (χ0v) is 12.7. The summed E-state index contributed by atoms with van der Waals surface area (Å²) in [4.78, 5) is 18.6. The second-order valence-corrected chi connectivity index (χ2v) is 5.81. The summed E-state index contributed by atoms with van der Waals surface area (Å²) in [6, 6.07) is 7.58. The van der Waals surface area contributed by atoms with Crippen LogP contribution in [0.4, 0.5) is 0 Å². The zero-order chi connectivity index (χ0) is 15.5. The van der Waals surface area contributed by atoms with Gasteiger partial charge in [-0.05, 0) is 43.0 Å². The number of rotatable bonds is 3. The van der Waals surface area contributed by atoms with Crippen LogP contribution in [0.2, 0.25) is 0 Å². The molecule has 1 aliphatic rings. The lowest BCUT2D eigenvalue weighted by molar-refractivity contribution is 0.0532. The van der Waals surface area contributed by atoms with Crippen LogP contribution in [0, 0.1) is 5.92 Å². The minimum atomic E-state index is 0.0622. The molecule has 2 aromatic rings. The minimum Gasteiger partial charge on any atom is -0.334 e. The lowest BCUT2D eigenvalue weighted by Gasteiger charge is -2.39. The van der Waals surface area contributed by atoms with Crippen LogP contribution < -0.4 is 5.73 Å². The minimum absolute atomic E-state index is 0.0622. The Morgan fingerprint density at radius 3 is 2.77 bits per heavy atom. The summed E-state index contributed by atoms with van der Waals surface area (Å²) in [6.45, 7) is 3.48. The highest BCUT2D eigenvalue weighted by atomic mass is 16.2. The number of carbonyl (C=O) groups is 1. The Hall–Kier alpha value is -2.21. The molecule has 2 N–H and O–H groups in total. The molecule has 0 unspecified atom stereocenters. The number of hydrogen-bond donors (Lipinski definition) is 1. The molecule has 1 aliphatic heterocycles. The van der Waals surface area contributed by atoms with Crippen LogP contribution in [-0.4, -0.2) is 44.7 Å². The van der Waals surface area contributed by atoms with Crippen molar-refractivity contribution < 1.29 is 4.79 Å². The summed E-state index contributed by atoms with van der Waals surface area (Å²) in [5.74, 6) is 0.518. The molecule has 0 bridgehead atoms. The van der Waals surface area contributed by atoms with Crippen molar-refractivity contribution in [2.45, 2.75) is 25.8 Å². The Balaban J connectivity index is 1.79. The third-order valence-corrected chi connectivity index (χ3v) is 4.42. The molecule has 2 atom stereocenters. The topological polar surface area (TPSA) is 77.0 Å². The number of amides is 1. The van der Waals surface area contributed by atoms with Gasteiger partial charge in [0.25, 0.3) is 5.91 Å². The molecule has 6 nitrogen and oxygen atoms in total. The predicted octanol–water partition coefficient (Wildman–Crippen LogP) is 1.47. The van der Waals surface area contributed by atoms with Crippen LogP contribution in [0.15, 0.2) is 36.9 Å². The molecule has 1 aromatic heterocycles. The fourth-order valence-corrected chi connectivity index (χ4v) is 3.12. The molecule has 0 aliphatic carbocycles. The van der Waals surface area contributed by atoms with Crippen LogP contribution in [0.1, 0.15) is 30.1 Å². The summed E-state index contributed by atoms with van der Waals surface area (Å²) in [7, 11) is 0. The number of aromatic nitrogens is 3. The maximum Gasteiger partial charge on any atom is 0.254 e. The molecule has 1 fully saturated rings. The maximum atomic E-state index is 12.7. The maximum absolute atomic E-state index is 12.7. The van der Waals surface area contributed by atoms with E-state index in [2.05, 4.69) is 17.0 Å². The lowest BCUT2D eigenvalue weighted by Crippen LogP contribution is -2.51. The van der Waals surface area contributed by atoms with E-state index < -0.39 is 0 Å². The quantitative estimate of drug-likeness (QED) is 0.931. The van der Waals surface area contributed by atoms with Crippen molar-refractivity contribution in [1.29, 1.82) is 0 Å². The summed E-state index contributed by atoms with van der Waals surface area (Å²) in [6.07, 6.45) is 5.30. The highest BCUT2D eigenvalue weighted by molar-refractivity contribution is 5.94. The molecule has 6 heteroatoms. The monoisotopic (exact) mass is 299 g/mol. The van der Waals surface area contributed by atoms with Crippen LogP contribution >= 0.6 is 0 Å². The zero-order valence-electron chi connectivity index (χ0n) is 12.7. The number of benzene rings is 1. The van der Waals surface area contributed by atoms with Crippen molar-refractivity contribution in [1.82, 2.24) is 19.7 Å². The van der Waals surface area contributed by atoms with Crippen molar-refractivity contribution in [2.24, 2.45) is 11.7 Å². The predicted molar refractivity (Wildman–Crippen MR) is 83.6 cm³/mol. The van der Waals surface area contributed by atoms with Gasteiger partial charge >= 0.3 is 0 Å². The van der Waals surface area contributed by atoms with E-state index in [9.17, 15) is 4.79 Å². The second kappa shape index (κ2) is 6.27. The van der Waals surface area contributed by atoms with Gasteiger partial charge in [0.05, 0.1) is 5.69 Å². The van der Waals surface area contributed by atoms with Crippen LogP contribution in [0.25, 0.3) is 5.69 Å². The van der Waals surface area contributed by atoms with Crippen LogP contribution in [0.5, 0.6) is 0 Å². The van der Waals surface area contributed by atoms with Crippen LogP contribution in [-0.2, 0) is 0 Å². The Kier molecular flexibility index (Phi) is 4.20. The molecule has 22 heavy (non-hydrogen) atoms. The lowest BCUT2D eigenvalue weighted by atomic mass is 9.90. The van der Waals surface area contributed by atoms with Gasteiger partial charge in [-0.3, -0.25) is 4.79 Å². The first-order valence-electron chi connectivity index (χ1n) is 7.67. The number of nitrogens with zero attached hydrogens (tertiary/aromatic N) is 4. The first-order valence-corrected chi connectivity index (χ1v) is 7.67. The third-order valence-electron chi connectivity index (χ3n) is 4.42. The van der Waals surface area contributed by atoms with E-state index in [0.717, 1.165) is 25.1 Å². The van der Waals surface area contributed by atoms with Gasteiger partial charge in [0, 0.05) is 24.7 Å². The largest absolute Gasteiger partial charge is 0.334 e. The molecule has 1 aromatic carbocycles. The average Bonchev–Trinajstić information content (AvgIpc) is 3.08. The van der Waals surface area contributed by atoms with Crippen LogP contribution in [0.3, 0.4) is 0 Å². The average molecular weight is 299 g/mol. The van der Waals surface area contributed by atoms with E-state index in [4.69, 9.17) is 5.73 Å². The standard InChI is InChI=1S/C16H21N5O/c1-12-3-2-8-20(15(12)9-17)16(22)13-4-6-14(7-5-13)21-11-18-10-19-21/h4-7,10-12,15H,2-3,8-9,17H2,1H3/t12-,15-/m0/s1. The van der Waals surface area contributed by atoms with Gasteiger partial charge in [0.15, 0.2) is 0 Å². The van der Waals surface area contributed by atoms with Crippen molar-refractivity contribution in [3.05, 3.63) is 42.5 Å². The van der Waals surface area contributed by atoms with Gasteiger partial charge in [-0.25, -0.2) is 9.67 Å². The van der Waals surface area contributed by atoms with Gasteiger partial charge in [-0.1, -0.05) is 6.92 Å². The molecular weight excluding hydrogens is 278 g/mol. The van der Waals surface area contributed by atoms with Crippen molar-refractivity contribution in [3.8, 4) is 5.69 Å². The Bertz CT molecular complexity index is 622. The van der Waals surface area contributed by atoms with E-state index >= 15 is 0 Å². The van der Waals surface area contributed by atoms with Crippen molar-refractivity contribution in [2.75, 3.05) is 13.1 Å². The Morgan fingerprint density at radius 1 is 1.36 bits per heavy atom.